The van der Waals surface area contributed by atoms with E-state index in [0.29, 0.717) is 5.56 Å². The van der Waals surface area contributed by atoms with Gasteiger partial charge < -0.3 is 9.51 Å². The average Bonchev–Trinajstić information content (AvgIpc) is 2.85. The summed E-state index contributed by atoms with van der Waals surface area (Å²) in [6, 6.07) is 14.4. The lowest BCUT2D eigenvalue weighted by Crippen LogP contribution is -2.08. The number of fused-ring (bicyclic) bond motifs is 1. The SMILES string of the molecule is CCCc1cc2ccccn2c1C(=O)c1ccc(O)cc1. The van der Waals surface area contributed by atoms with Gasteiger partial charge in [-0.25, -0.2) is 0 Å². The van der Waals surface area contributed by atoms with Gasteiger partial charge in [-0.2, -0.15) is 0 Å². The minimum Gasteiger partial charge on any atom is -0.508 e. The molecule has 3 aromatic rings. The van der Waals surface area contributed by atoms with Gasteiger partial charge in [-0.15, -0.1) is 0 Å². The molecule has 0 saturated carbocycles. The van der Waals surface area contributed by atoms with Gasteiger partial charge in [0, 0.05) is 17.3 Å². The van der Waals surface area contributed by atoms with Crippen molar-refractivity contribution >= 4 is 11.3 Å². The number of phenolic OH excluding ortho intramolecular Hbond substituents is 1. The average molecular weight is 279 g/mol. The molecule has 2 aromatic heterocycles. The summed E-state index contributed by atoms with van der Waals surface area (Å²) in [5.41, 5.74) is 3.41. The Kier molecular flexibility index (Phi) is 3.48. The van der Waals surface area contributed by atoms with E-state index in [-0.39, 0.29) is 11.5 Å². The number of aromatic nitrogens is 1. The van der Waals surface area contributed by atoms with Gasteiger partial charge in [0.25, 0.3) is 0 Å². The Bertz CT molecular complexity index is 785. The van der Waals surface area contributed by atoms with Gasteiger partial charge in [-0.3, -0.25) is 4.79 Å². The molecule has 0 bridgehead atoms. The van der Waals surface area contributed by atoms with E-state index in [0.717, 1.165) is 29.6 Å². The van der Waals surface area contributed by atoms with Crippen LogP contribution in [-0.4, -0.2) is 15.3 Å². The molecule has 0 saturated heterocycles. The molecule has 0 aliphatic carbocycles. The number of aromatic hydroxyl groups is 1. The molecule has 2 heterocycles. The fourth-order valence-corrected chi connectivity index (χ4v) is 2.64. The van der Waals surface area contributed by atoms with Crippen molar-refractivity contribution in [1.29, 1.82) is 0 Å². The smallest absolute Gasteiger partial charge is 0.210 e. The Morgan fingerprint density at radius 3 is 2.62 bits per heavy atom. The van der Waals surface area contributed by atoms with Crippen molar-refractivity contribution in [1.82, 2.24) is 4.40 Å². The summed E-state index contributed by atoms with van der Waals surface area (Å²) in [5, 5.41) is 9.36. The van der Waals surface area contributed by atoms with Crippen molar-refractivity contribution in [3.8, 4) is 5.75 Å². The number of carbonyl (C=O) groups is 1. The third-order valence-corrected chi connectivity index (χ3v) is 3.62. The number of pyridine rings is 1. The molecule has 1 aromatic carbocycles. The summed E-state index contributed by atoms with van der Waals surface area (Å²) in [6.45, 7) is 2.11. The van der Waals surface area contributed by atoms with E-state index in [2.05, 4.69) is 13.0 Å². The van der Waals surface area contributed by atoms with Crippen molar-refractivity contribution < 1.29 is 9.90 Å². The van der Waals surface area contributed by atoms with E-state index >= 15 is 0 Å². The number of nitrogens with zero attached hydrogens (tertiary/aromatic N) is 1. The Morgan fingerprint density at radius 1 is 1.14 bits per heavy atom. The molecule has 0 atom stereocenters. The first kappa shape index (κ1) is 13.4. The van der Waals surface area contributed by atoms with Gasteiger partial charge in [0.05, 0.1) is 5.69 Å². The summed E-state index contributed by atoms with van der Waals surface area (Å²) < 4.78 is 1.94. The van der Waals surface area contributed by atoms with Crippen molar-refractivity contribution in [3.05, 3.63) is 71.5 Å². The van der Waals surface area contributed by atoms with Crippen LogP contribution in [-0.2, 0) is 6.42 Å². The molecule has 1 N–H and O–H groups in total. The molecule has 0 radical (unpaired) electrons. The van der Waals surface area contributed by atoms with Gasteiger partial charge in [0.1, 0.15) is 5.75 Å². The molecular formula is C18H17NO2. The van der Waals surface area contributed by atoms with E-state index in [1.54, 1.807) is 24.3 Å². The maximum absolute atomic E-state index is 12.8. The Labute approximate surface area is 123 Å². The number of phenols is 1. The van der Waals surface area contributed by atoms with Crippen LogP contribution in [0.5, 0.6) is 5.75 Å². The number of carbonyl (C=O) groups excluding carboxylic acids is 1. The zero-order valence-electron chi connectivity index (χ0n) is 11.9. The topological polar surface area (TPSA) is 41.7 Å². The van der Waals surface area contributed by atoms with Crippen LogP contribution in [0.25, 0.3) is 5.52 Å². The molecule has 0 unspecified atom stereocenters. The molecule has 0 aliphatic heterocycles. The monoisotopic (exact) mass is 279 g/mol. The van der Waals surface area contributed by atoms with Crippen LogP contribution in [0, 0.1) is 0 Å². The highest BCUT2D eigenvalue weighted by Gasteiger charge is 2.18. The molecule has 3 rings (SSSR count). The highest BCUT2D eigenvalue weighted by molar-refractivity contribution is 6.09. The first-order valence-electron chi connectivity index (χ1n) is 7.13. The normalized spacial score (nSPS) is 10.9. The van der Waals surface area contributed by atoms with Gasteiger partial charge in [0.2, 0.25) is 5.78 Å². The second-order valence-corrected chi connectivity index (χ2v) is 5.14. The maximum atomic E-state index is 12.8. The number of ketones is 1. The molecule has 106 valence electrons. The van der Waals surface area contributed by atoms with Crippen LogP contribution >= 0.6 is 0 Å². The van der Waals surface area contributed by atoms with Gasteiger partial charge in [0.15, 0.2) is 0 Å². The lowest BCUT2D eigenvalue weighted by atomic mass is 10.0. The Morgan fingerprint density at radius 2 is 1.90 bits per heavy atom. The van der Waals surface area contributed by atoms with E-state index < -0.39 is 0 Å². The maximum Gasteiger partial charge on any atom is 0.210 e. The quantitative estimate of drug-likeness (QED) is 0.737. The lowest BCUT2D eigenvalue weighted by molar-refractivity contribution is 0.103. The Hall–Kier alpha value is -2.55. The largest absolute Gasteiger partial charge is 0.508 e. The number of aryl methyl sites for hydroxylation is 1. The minimum atomic E-state index is -0.00958. The van der Waals surface area contributed by atoms with E-state index in [4.69, 9.17) is 0 Å². The number of hydrogen-bond donors (Lipinski definition) is 1. The summed E-state index contributed by atoms with van der Waals surface area (Å²) in [4.78, 5) is 12.8. The lowest BCUT2D eigenvalue weighted by Gasteiger charge is -2.06. The minimum absolute atomic E-state index is 0.00958. The molecule has 21 heavy (non-hydrogen) atoms. The van der Waals surface area contributed by atoms with Crippen LogP contribution in [0.1, 0.15) is 35.0 Å². The molecule has 0 aliphatic rings. The second kappa shape index (κ2) is 5.44. The van der Waals surface area contributed by atoms with Crippen molar-refractivity contribution in [2.24, 2.45) is 0 Å². The number of hydrogen-bond acceptors (Lipinski definition) is 2. The molecule has 0 amide bonds. The summed E-state index contributed by atoms with van der Waals surface area (Å²) in [5.74, 6) is 0.157. The molecule has 3 nitrogen and oxygen atoms in total. The number of benzene rings is 1. The van der Waals surface area contributed by atoms with Gasteiger partial charge in [-0.1, -0.05) is 19.4 Å². The summed E-state index contributed by atoms with van der Waals surface area (Å²) >= 11 is 0. The van der Waals surface area contributed by atoms with Crippen LogP contribution in [0.3, 0.4) is 0 Å². The van der Waals surface area contributed by atoms with E-state index in [1.807, 2.05) is 28.8 Å². The highest BCUT2D eigenvalue weighted by atomic mass is 16.3. The van der Waals surface area contributed by atoms with Crippen LogP contribution in [0.2, 0.25) is 0 Å². The van der Waals surface area contributed by atoms with Crippen molar-refractivity contribution in [2.45, 2.75) is 19.8 Å². The van der Waals surface area contributed by atoms with Crippen LogP contribution in [0.15, 0.2) is 54.7 Å². The van der Waals surface area contributed by atoms with Crippen LogP contribution < -0.4 is 0 Å². The molecule has 3 heteroatoms. The van der Waals surface area contributed by atoms with Gasteiger partial charge >= 0.3 is 0 Å². The fourth-order valence-electron chi connectivity index (χ4n) is 2.64. The van der Waals surface area contributed by atoms with Gasteiger partial charge in [-0.05, 0) is 54.4 Å². The van der Waals surface area contributed by atoms with Crippen LogP contribution in [0.4, 0.5) is 0 Å². The van der Waals surface area contributed by atoms with Crippen molar-refractivity contribution in [3.63, 3.8) is 0 Å². The predicted octanol–water partition coefficient (Wildman–Crippen LogP) is 3.83. The summed E-state index contributed by atoms with van der Waals surface area (Å²) in [6.07, 6.45) is 3.79. The predicted molar refractivity (Wildman–Crippen MR) is 82.9 cm³/mol. The zero-order valence-corrected chi connectivity index (χ0v) is 11.9. The first-order chi connectivity index (χ1) is 10.2. The van der Waals surface area contributed by atoms with E-state index in [1.165, 1.54) is 0 Å². The first-order valence-corrected chi connectivity index (χ1v) is 7.13. The summed E-state index contributed by atoms with van der Waals surface area (Å²) in [7, 11) is 0. The standard InChI is InChI=1S/C18H17NO2/c1-2-5-14-12-15-6-3-4-11-19(15)17(14)18(21)13-7-9-16(20)10-8-13/h3-4,6-12,20H,2,5H2,1H3. The fraction of sp³-hybridized carbons (Fsp3) is 0.167. The number of rotatable bonds is 4. The van der Waals surface area contributed by atoms with Crippen molar-refractivity contribution in [2.75, 3.05) is 0 Å². The van der Waals surface area contributed by atoms with E-state index in [9.17, 15) is 9.90 Å². The Balaban J connectivity index is 2.15. The highest BCUT2D eigenvalue weighted by Crippen LogP contribution is 2.22. The molecule has 0 spiro atoms. The second-order valence-electron chi connectivity index (χ2n) is 5.14. The third kappa shape index (κ3) is 2.42. The molecule has 0 fully saturated rings. The molecular weight excluding hydrogens is 262 g/mol. The zero-order chi connectivity index (χ0) is 14.8. The third-order valence-electron chi connectivity index (χ3n) is 3.62.